The second-order valence-corrected chi connectivity index (χ2v) is 5.42. The minimum atomic E-state index is -0.234. The van der Waals surface area contributed by atoms with Crippen molar-refractivity contribution in [3.8, 4) is 11.8 Å². The van der Waals surface area contributed by atoms with Crippen molar-refractivity contribution < 1.29 is 9.50 Å². The lowest BCUT2D eigenvalue weighted by Crippen LogP contribution is -2.20. The number of nitrogens with zero attached hydrogens (tertiary/aromatic N) is 1. The molecule has 0 amide bonds. The smallest absolute Gasteiger partial charge is 0.124 e. The Kier molecular flexibility index (Phi) is 5.58. The van der Waals surface area contributed by atoms with Crippen molar-refractivity contribution in [1.29, 1.82) is 0 Å². The molecule has 1 unspecified atom stereocenters. The van der Waals surface area contributed by atoms with Crippen molar-refractivity contribution in [1.82, 2.24) is 4.90 Å². The number of rotatable bonds is 4. The standard InChI is InChI=1S/C17H22FNO/c1-2-14-6-7-19(12-14)13-16-9-15(5-3-4-8-20)10-17(18)11-16/h9-11,14,20H,2,4,6-8,12-13H2,1H3. The first-order chi connectivity index (χ1) is 9.71. The van der Waals surface area contributed by atoms with Gasteiger partial charge in [0.05, 0.1) is 6.61 Å². The highest BCUT2D eigenvalue weighted by Crippen LogP contribution is 2.21. The summed E-state index contributed by atoms with van der Waals surface area (Å²) in [4.78, 5) is 2.38. The third-order valence-corrected chi connectivity index (χ3v) is 3.78. The molecular weight excluding hydrogens is 253 g/mol. The summed E-state index contributed by atoms with van der Waals surface area (Å²) in [6.45, 7) is 5.27. The number of aliphatic hydroxyl groups excluding tert-OH is 1. The Morgan fingerprint density at radius 1 is 1.40 bits per heavy atom. The van der Waals surface area contributed by atoms with Crippen LogP contribution in [0.1, 0.15) is 37.3 Å². The quantitative estimate of drug-likeness (QED) is 0.854. The van der Waals surface area contributed by atoms with Gasteiger partial charge in [0.1, 0.15) is 5.82 Å². The van der Waals surface area contributed by atoms with E-state index in [-0.39, 0.29) is 12.4 Å². The second kappa shape index (κ2) is 7.42. The van der Waals surface area contributed by atoms with Gasteiger partial charge in [-0.15, -0.1) is 0 Å². The summed E-state index contributed by atoms with van der Waals surface area (Å²) < 4.78 is 13.6. The maximum Gasteiger partial charge on any atom is 0.124 e. The molecule has 0 spiro atoms. The molecule has 0 aromatic heterocycles. The van der Waals surface area contributed by atoms with Gasteiger partial charge in [-0.25, -0.2) is 4.39 Å². The molecule has 0 radical (unpaired) electrons. The highest BCUT2D eigenvalue weighted by Gasteiger charge is 2.20. The highest BCUT2D eigenvalue weighted by atomic mass is 19.1. The fraction of sp³-hybridized carbons (Fsp3) is 0.529. The SMILES string of the molecule is CCC1CCN(Cc2cc(F)cc(C#CCCO)c2)C1. The average molecular weight is 275 g/mol. The zero-order chi connectivity index (χ0) is 14.4. The number of halogens is 1. The van der Waals surface area contributed by atoms with E-state index < -0.39 is 0 Å². The summed E-state index contributed by atoms with van der Waals surface area (Å²) in [6, 6.07) is 5.00. The molecule has 1 atom stereocenters. The predicted molar refractivity (Wildman–Crippen MR) is 78.7 cm³/mol. The van der Waals surface area contributed by atoms with Crippen LogP contribution in [0.4, 0.5) is 4.39 Å². The van der Waals surface area contributed by atoms with Gasteiger partial charge in [0.2, 0.25) is 0 Å². The first-order valence-corrected chi connectivity index (χ1v) is 7.32. The Morgan fingerprint density at radius 3 is 2.95 bits per heavy atom. The number of likely N-dealkylation sites (tertiary alicyclic amines) is 1. The van der Waals surface area contributed by atoms with Gasteiger partial charge in [-0.05, 0) is 42.6 Å². The molecule has 2 rings (SSSR count). The molecule has 1 N–H and O–H groups in total. The maximum absolute atomic E-state index is 13.6. The summed E-state index contributed by atoms with van der Waals surface area (Å²) in [6.07, 6.45) is 2.89. The van der Waals surface area contributed by atoms with Crippen LogP contribution in [0.15, 0.2) is 18.2 Å². The summed E-state index contributed by atoms with van der Waals surface area (Å²) in [5, 5.41) is 8.71. The first kappa shape index (κ1) is 15.0. The fourth-order valence-electron chi connectivity index (χ4n) is 2.68. The summed E-state index contributed by atoms with van der Waals surface area (Å²) in [5.41, 5.74) is 1.68. The van der Waals surface area contributed by atoms with Crippen LogP contribution >= 0.6 is 0 Å². The zero-order valence-corrected chi connectivity index (χ0v) is 12.0. The van der Waals surface area contributed by atoms with Crippen molar-refractivity contribution in [2.75, 3.05) is 19.7 Å². The molecule has 1 aliphatic rings. The topological polar surface area (TPSA) is 23.5 Å². The third-order valence-electron chi connectivity index (χ3n) is 3.78. The van der Waals surface area contributed by atoms with Crippen molar-refractivity contribution in [3.63, 3.8) is 0 Å². The van der Waals surface area contributed by atoms with Crippen LogP contribution in [0.2, 0.25) is 0 Å². The van der Waals surface area contributed by atoms with Crippen LogP contribution in [0.25, 0.3) is 0 Å². The fourth-order valence-corrected chi connectivity index (χ4v) is 2.68. The van der Waals surface area contributed by atoms with E-state index in [1.165, 1.54) is 18.9 Å². The number of benzene rings is 1. The molecule has 0 aliphatic carbocycles. The summed E-state index contributed by atoms with van der Waals surface area (Å²) >= 11 is 0. The molecule has 0 saturated carbocycles. The Morgan fingerprint density at radius 2 is 2.25 bits per heavy atom. The lowest BCUT2D eigenvalue weighted by molar-refractivity contribution is 0.305. The van der Waals surface area contributed by atoms with E-state index in [0.29, 0.717) is 12.0 Å². The van der Waals surface area contributed by atoms with Gasteiger partial charge >= 0.3 is 0 Å². The van der Waals surface area contributed by atoms with Gasteiger partial charge < -0.3 is 5.11 Å². The van der Waals surface area contributed by atoms with Crippen molar-refractivity contribution in [2.45, 2.75) is 32.7 Å². The molecule has 1 aliphatic heterocycles. The second-order valence-electron chi connectivity index (χ2n) is 5.42. The number of hydrogen-bond donors (Lipinski definition) is 1. The van der Waals surface area contributed by atoms with Gasteiger partial charge in [-0.3, -0.25) is 4.90 Å². The lowest BCUT2D eigenvalue weighted by atomic mass is 10.1. The van der Waals surface area contributed by atoms with Crippen molar-refractivity contribution in [2.24, 2.45) is 5.92 Å². The van der Waals surface area contributed by atoms with Gasteiger partial charge in [0, 0.05) is 25.1 Å². The minimum Gasteiger partial charge on any atom is -0.395 e. The average Bonchev–Trinajstić information content (AvgIpc) is 2.86. The third kappa shape index (κ3) is 4.33. The Labute approximate surface area is 120 Å². The maximum atomic E-state index is 13.6. The predicted octanol–water partition coefficient (Wildman–Crippen LogP) is 2.79. The Bertz CT molecular complexity index is 503. The number of aliphatic hydroxyl groups is 1. The van der Waals surface area contributed by atoms with Crippen LogP contribution < -0.4 is 0 Å². The normalized spacial score (nSPS) is 18.9. The van der Waals surface area contributed by atoms with E-state index in [4.69, 9.17) is 5.11 Å². The molecule has 0 bridgehead atoms. The summed E-state index contributed by atoms with van der Waals surface area (Å²) in [5.74, 6) is 6.29. The van der Waals surface area contributed by atoms with E-state index in [1.54, 1.807) is 6.07 Å². The molecule has 20 heavy (non-hydrogen) atoms. The monoisotopic (exact) mass is 275 g/mol. The molecule has 2 nitrogen and oxygen atoms in total. The zero-order valence-electron chi connectivity index (χ0n) is 12.0. The van der Waals surface area contributed by atoms with Crippen molar-refractivity contribution in [3.05, 3.63) is 35.1 Å². The molecule has 1 aromatic carbocycles. The molecule has 108 valence electrons. The highest BCUT2D eigenvalue weighted by molar-refractivity contribution is 5.37. The van der Waals surface area contributed by atoms with Gasteiger partial charge in [0.15, 0.2) is 0 Å². The number of hydrogen-bond acceptors (Lipinski definition) is 2. The largest absolute Gasteiger partial charge is 0.395 e. The Balaban J connectivity index is 2.03. The van der Waals surface area contributed by atoms with Crippen LogP contribution in [0.3, 0.4) is 0 Å². The van der Waals surface area contributed by atoms with Crippen molar-refractivity contribution >= 4 is 0 Å². The van der Waals surface area contributed by atoms with E-state index in [9.17, 15) is 4.39 Å². The van der Waals surface area contributed by atoms with Gasteiger partial charge in [0.25, 0.3) is 0 Å². The lowest BCUT2D eigenvalue weighted by Gasteiger charge is -2.16. The van der Waals surface area contributed by atoms with Gasteiger partial charge in [-0.1, -0.05) is 25.2 Å². The summed E-state index contributed by atoms with van der Waals surface area (Å²) in [7, 11) is 0. The molecule has 1 fully saturated rings. The minimum absolute atomic E-state index is 0.0430. The molecule has 1 aromatic rings. The molecule has 1 saturated heterocycles. The first-order valence-electron chi connectivity index (χ1n) is 7.32. The van der Waals surface area contributed by atoms with E-state index in [2.05, 4.69) is 23.7 Å². The van der Waals surface area contributed by atoms with E-state index >= 15 is 0 Å². The van der Waals surface area contributed by atoms with Gasteiger partial charge in [-0.2, -0.15) is 0 Å². The molecular formula is C17H22FNO. The Hall–Kier alpha value is -1.37. The van der Waals surface area contributed by atoms with E-state index in [0.717, 1.165) is 31.1 Å². The molecule has 1 heterocycles. The van der Waals surface area contributed by atoms with Crippen LogP contribution in [0.5, 0.6) is 0 Å². The van der Waals surface area contributed by atoms with Crippen LogP contribution in [0, 0.1) is 23.6 Å². The molecule has 3 heteroatoms. The van der Waals surface area contributed by atoms with Crippen LogP contribution in [-0.2, 0) is 6.54 Å². The van der Waals surface area contributed by atoms with Crippen LogP contribution in [-0.4, -0.2) is 29.7 Å². The van der Waals surface area contributed by atoms with E-state index in [1.807, 2.05) is 6.07 Å².